The summed E-state index contributed by atoms with van der Waals surface area (Å²) < 4.78 is 38.3. The van der Waals surface area contributed by atoms with Crippen LogP contribution in [0.3, 0.4) is 0 Å². The van der Waals surface area contributed by atoms with Gasteiger partial charge in [0.2, 0.25) is 5.76 Å². The number of ether oxygens (including phenoxy) is 1. The Morgan fingerprint density at radius 1 is 0.903 bits per heavy atom. The molecule has 31 heavy (non-hydrogen) atoms. The molecule has 5 rings (SSSR count). The summed E-state index contributed by atoms with van der Waals surface area (Å²) in [5.74, 6) is -1.07. The fraction of sp³-hybridized carbons (Fsp3) is 0.0833. The van der Waals surface area contributed by atoms with Crippen molar-refractivity contribution in [3.8, 4) is 5.75 Å². The highest BCUT2D eigenvalue weighted by Crippen LogP contribution is 2.41. The average Bonchev–Trinajstić information content (AvgIpc) is 3.07. The summed E-state index contributed by atoms with van der Waals surface area (Å²) in [7, 11) is 1.53. The smallest absolute Gasteiger partial charge is 0.295 e. The van der Waals surface area contributed by atoms with E-state index < -0.39 is 29.0 Å². The van der Waals surface area contributed by atoms with Crippen LogP contribution >= 0.6 is 0 Å². The number of nitrogens with zero attached hydrogens (tertiary/aromatic N) is 1. The van der Waals surface area contributed by atoms with E-state index in [-0.39, 0.29) is 22.3 Å². The fourth-order valence-corrected chi connectivity index (χ4v) is 3.91. The first-order valence-electron chi connectivity index (χ1n) is 9.47. The largest absolute Gasteiger partial charge is 0.497 e. The highest BCUT2D eigenvalue weighted by molar-refractivity contribution is 6.10. The van der Waals surface area contributed by atoms with Gasteiger partial charge in [0.1, 0.15) is 23.0 Å². The van der Waals surface area contributed by atoms with Crippen LogP contribution in [-0.4, -0.2) is 13.0 Å². The summed E-state index contributed by atoms with van der Waals surface area (Å²) in [6.07, 6.45) is 0. The number of carbonyl (C=O) groups is 1. The maximum atomic E-state index is 13.8. The molecule has 0 saturated heterocycles. The van der Waals surface area contributed by atoms with Crippen molar-refractivity contribution in [1.29, 1.82) is 0 Å². The minimum atomic E-state index is -0.861. The fourth-order valence-electron chi connectivity index (χ4n) is 3.91. The number of halogens is 2. The molecule has 1 atom stereocenters. The van der Waals surface area contributed by atoms with Crippen molar-refractivity contribution in [2.75, 3.05) is 12.0 Å². The second kappa shape index (κ2) is 7.05. The Morgan fingerprint density at radius 2 is 1.58 bits per heavy atom. The van der Waals surface area contributed by atoms with E-state index in [0.717, 1.165) is 12.1 Å². The number of carbonyl (C=O) groups excluding carboxylic acids is 1. The lowest BCUT2D eigenvalue weighted by atomic mass is 9.98. The number of amides is 1. The molecule has 5 nitrogen and oxygen atoms in total. The molecule has 4 aromatic rings. The van der Waals surface area contributed by atoms with Crippen LogP contribution in [0.5, 0.6) is 5.75 Å². The molecular formula is C24H15F2NO4. The zero-order valence-corrected chi connectivity index (χ0v) is 16.3. The van der Waals surface area contributed by atoms with Gasteiger partial charge in [-0.1, -0.05) is 12.1 Å². The highest BCUT2D eigenvalue weighted by atomic mass is 19.1. The third kappa shape index (κ3) is 2.97. The zero-order valence-electron chi connectivity index (χ0n) is 16.3. The van der Waals surface area contributed by atoms with E-state index in [1.807, 2.05) is 0 Å². The Hall–Kier alpha value is -4.00. The molecule has 0 saturated carbocycles. The molecule has 0 spiro atoms. The average molecular weight is 419 g/mol. The first-order chi connectivity index (χ1) is 15.0. The van der Waals surface area contributed by atoms with E-state index in [2.05, 4.69) is 0 Å². The molecule has 7 heteroatoms. The van der Waals surface area contributed by atoms with Crippen molar-refractivity contribution in [2.24, 2.45) is 0 Å². The van der Waals surface area contributed by atoms with Gasteiger partial charge in [-0.15, -0.1) is 0 Å². The first kappa shape index (κ1) is 19.0. The molecule has 0 fully saturated rings. The van der Waals surface area contributed by atoms with Crippen LogP contribution in [0.1, 0.15) is 27.7 Å². The first-order valence-corrected chi connectivity index (χ1v) is 9.47. The Kier molecular flexibility index (Phi) is 4.32. The quantitative estimate of drug-likeness (QED) is 0.477. The normalized spacial score (nSPS) is 15.4. The van der Waals surface area contributed by atoms with Gasteiger partial charge in [-0.2, -0.15) is 0 Å². The Balaban J connectivity index is 1.78. The predicted octanol–water partition coefficient (Wildman–Crippen LogP) is 4.83. The number of fused-ring (bicyclic) bond motifs is 2. The third-order valence-corrected chi connectivity index (χ3v) is 5.37. The van der Waals surface area contributed by atoms with Gasteiger partial charge in [-0.05, 0) is 60.2 Å². The molecular weight excluding hydrogens is 404 g/mol. The van der Waals surface area contributed by atoms with Crippen molar-refractivity contribution < 1.29 is 22.7 Å². The molecule has 1 unspecified atom stereocenters. The lowest BCUT2D eigenvalue weighted by Crippen LogP contribution is -2.29. The minimum absolute atomic E-state index is 0.0373. The van der Waals surface area contributed by atoms with Crippen molar-refractivity contribution >= 4 is 22.6 Å². The van der Waals surface area contributed by atoms with E-state index in [0.29, 0.717) is 17.0 Å². The van der Waals surface area contributed by atoms with Gasteiger partial charge in [-0.3, -0.25) is 14.5 Å². The molecule has 0 aliphatic carbocycles. The Labute approximate surface area is 175 Å². The van der Waals surface area contributed by atoms with Crippen LogP contribution < -0.4 is 15.1 Å². The van der Waals surface area contributed by atoms with Gasteiger partial charge in [0, 0.05) is 5.69 Å². The summed E-state index contributed by atoms with van der Waals surface area (Å²) in [5, 5.41) is 0.0373. The van der Waals surface area contributed by atoms with Crippen LogP contribution in [0, 0.1) is 11.6 Å². The van der Waals surface area contributed by atoms with Gasteiger partial charge in [0.15, 0.2) is 5.43 Å². The summed E-state index contributed by atoms with van der Waals surface area (Å²) in [6.45, 7) is 0. The number of methoxy groups -OCH3 is 1. The molecule has 3 aromatic carbocycles. The monoisotopic (exact) mass is 419 g/mol. The molecule has 0 bridgehead atoms. The number of benzene rings is 3. The molecule has 154 valence electrons. The molecule has 1 aliphatic heterocycles. The number of anilines is 1. The maximum Gasteiger partial charge on any atom is 0.295 e. The van der Waals surface area contributed by atoms with E-state index in [9.17, 15) is 18.4 Å². The lowest BCUT2D eigenvalue weighted by Gasteiger charge is -2.25. The Morgan fingerprint density at radius 3 is 2.26 bits per heavy atom. The van der Waals surface area contributed by atoms with Crippen LogP contribution in [0.2, 0.25) is 0 Å². The zero-order chi connectivity index (χ0) is 21.7. The number of rotatable bonds is 3. The molecule has 1 amide bonds. The van der Waals surface area contributed by atoms with Crippen molar-refractivity contribution in [2.45, 2.75) is 6.04 Å². The van der Waals surface area contributed by atoms with Gasteiger partial charge in [0.25, 0.3) is 5.91 Å². The van der Waals surface area contributed by atoms with E-state index in [4.69, 9.17) is 9.15 Å². The SMILES string of the molecule is COc1ccc(N2C(=O)c3oc4ccc(F)cc4c(=O)c3C2c2ccc(F)cc2)cc1. The summed E-state index contributed by atoms with van der Waals surface area (Å²) in [5.41, 5.74) is 0.724. The number of hydrogen-bond donors (Lipinski definition) is 0. The van der Waals surface area contributed by atoms with Gasteiger partial charge in [-0.25, -0.2) is 8.78 Å². The van der Waals surface area contributed by atoms with Gasteiger partial charge in [0.05, 0.1) is 24.1 Å². The van der Waals surface area contributed by atoms with E-state index in [1.54, 1.807) is 24.3 Å². The van der Waals surface area contributed by atoms with E-state index >= 15 is 0 Å². The van der Waals surface area contributed by atoms with Crippen LogP contribution in [0.4, 0.5) is 14.5 Å². The molecule has 1 aliphatic rings. The third-order valence-electron chi connectivity index (χ3n) is 5.37. The second-order valence-electron chi connectivity index (χ2n) is 7.14. The van der Waals surface area contributed by atoms with E-state index in [1.165, 1.54) is 42.3 Å². The molecule has 1 aromatic heterocycles. The highest BCUT2D eigenvalue weighted by Gasteiger charge is 2.43. The van der Waals surface area contributed by atoms with Crippen LogP contribution in [0.25, 0.3) is 11.0 Å². The van der Waals surface area contributed by atoms with Crippen molar-refractivity contribution in [1.82, 2.24) is 0 Å². The number of hydrogen-bond acceptors (Lipinski definition) is 4. The van der Waals surface area contributed by atoms with Crippen LogP contribution in [0.15, 0.2) is 75.9 Å². The second-order valence-corrected chi connectivity index (χ2v) is 7.14. The molecule has 0 radical (unpaired) electrons. The maximum absolute atomic E-state index is 13.8. The predicted molar refractivity (Wildman–Crippen MR) is 110 cm³/mol. The molecule has 2 heterocycles. The summed E-state index contributed by atoms with van der Waals surface area (Å²) >= 11 is 0. The van der Waals surface area contributed by atoms with Crippen molar-refractivity contribution in [3.05, 3.63) is 105 Å². The minimum Gasteiger partial charge on any atom is -0.497 e. The van der Waals surface area contributed by atoms with Crippen LogP contribution in [-0.2, 0) is 0 Å². The standard InChI is InChI=1S/C24H15F2NO4/c1-30-17-9-7-16(8-10-17)27-21(13-2-4-14(25)5-3-13)20-22(28)18-12-15(26)6-11-19(18)31-23(20)24(27)29/h2-12,21H,1H3. The van der Waals surface area contributed by atoms with Gasteiger partial charge >= 0.3 is 0 Å². The lowest BCUT2D eigenvalue weighted by molar-refractivity contribution is 0.0971. The molecule has 0 N–H and O–H groups in total. The van der Waals surface area contributed by atoms with Crippen molar-refractivity contribution in [3.63, 3.8) is 0 Å². The van der Waals surface area contributed by atoms with Gasteiger partial charge < -0.3 is 9.15 Å². The topological polar surface area (TPSA) is 59.8 Å². The summed E-state index contributed by atoms with van der Waals surface area (Å²) in [4.78, 5) is 28.1. The summed E-state index contributed by atoms with van der Waals surface area (Å²) in [6, 6.07) is 15.0. The Bertz CT molecular complexity index is 1380.